The summed E-state index contributed by atoms with van der Waals surface area (Å²) in [6, 6.07) is 11.9. The Morgan fingerprint density at radius 3 is 2.50 bits per heavy atom. The molecular weight excluding hydrogens is 339 g/mol. The first-order valence-corrected chi connectivity index (χ1v) is 8.98. The van der Waals surface area contributed by atoms with E-state index in [2.05, 4.69) is 9.88 Å². The number of rotatable bonds is 3. The molecule has 2 aliphatic heterocycles. The molecule has 1 unspecified atom stereocenters. The van der Waals surface area contributed by atoms with Crippen LogP contribution in [0.5, 0.6) is 0 Å². The number of hydrogen-bond acceptors (Lipinski definition) is 3. The highest BCUT2D eigenvalue weighted by Gasteiger charge is 2.59. The lowest BCUT2D eigenvalue weighted by molar-refractivity contribution is -0.158. The van der Waals surface area contributed by atoms with Crippen molar-refractivity contribution in [1.82, 2.24) is 9.88 Å². The van der Waals surface area contributed by atoms with E-state index in [1.54, 1.807) is 18.3 Å². The van der Waals surface area contributed by atoms with E-state index in [0.717, 1.165) is 11.4 Å². The standard InChI is InChI=1S/C20H22F3N3/c21-17-6-4-16(5-7-17)13-25-11-9-20(22,23)19(14-25)8-12-26(15-19)18-3-1-2-10-24-18/h1-7,10H,8-9,11-15H2. The van der Waals surface area contributed by atoms with Gasteiger partial charge in [-0.15, -0.1) is 0 Å². The molecule has 26 heavy (non-hydrogen) atoms. The molecule has 0 aliphatic carbocycles. The molecule has 2 fully saturated rings. The van der Waals surface area contributed by atoms with Crippen LogP contribution in [0, 0.1) is 11.2 Å². The molecule has 0 radical (unpaired) electrons. The van der Waals surface area contributed by atoms with Crippen molar-refractivity contribution in [3.8, 4) is 0 Å². The van der Waals surface area contributed by atoms with Crippen molar-refractivity contribution >= 4 is 5.82 Å². The maximum absolute atomic E-state index is 14.9. The normalized spacial score (nSPS) is 25.7. The van der Waals surface area contributed by atoms with Crippen molar-refractivity contribution in [3.05, 3.63) is 60.0 Å². The Hall–Kier alpha value is -2.08. The molecule has 138 valence electrons. The molecule has 3 nitrogen and oxygen atoms in total. The third-order valence-electron chi connectivity index (χ3n) is 5.69. The van der Waals surface area contributed by atoms with Gasteiger partial charge in [-0.1, -0.05) is 18.2 Å². The molecule has 6 heteroatoms. The summed E-state index contributed by atoms with van der Waals surface area (Å²) in [6.45, 7) is 2.19. The molecule has 4 rings (SSSR count). The fraction of sp³-hybridized carbons (Fsp3) is 0.450. The second-order valence-corrected chi connectivity index (χ2v) is 7.43. The van der Waals surface area contributed by atoms with Gasteiger partial charge in [0, 0.05) is 45.3 Å². The summed E-state index contributed by atoms with van der Waals surface area (Å²) in [6.07, 6.45) is 2.01. The molecule has 2 aromatic rings. The first kappa shape index (κ1) is 17.3. The molecule has 3 heterocycles. The highest BCUT2D eigenvalue weighted by atomic mass is 19.3. The minimum atomic E-state index is -2.68. The van der Waals surface area contributed by atoms with Gasteiger partial charge in [0.1, 0.15) is 11.6 Å². The van der Waals surface area contributed by atoms with Crippen molar-refractivity contribution in [3.63, 3.8) is 0 Å². The number of alkyl halides is 2. The number of anilines is 1. The number of halogens is 3. The van der Waals surface area contributed by atoms with Crippen LogP contribution < -0.4 is 4.90 Å². The van der Waals surface area contributed by atoms with Gasteiger partial charge < -0.3 is 4.90 Å². The van der Waals surface area contributed by atoms with E-state index >= 15 is 0 Å². The van der Waals surface area contributed by atoms with Crippen molar-refractivity contribution in [1.29, 1.82) is 0 Å². The molecule has 2 aliphatic rings. The molecule has 1 spiro atoms. The SMILES string of the molecule is Fc1ccc(CN2CCC(F)(F)C3(CCN(c4ccccn4)C3)C2)cc1. The van der Waals surface area contributed by atoms with Crippen LogP contribution in [-0.4, -0.2) is 42.0 Å². The zero-order valence-electron chi connectivity index (χ0n) is 14.5. The van der Waals surface area contributed by atoms with Crippen molar-refractivity contribution in [2.24, 2.45) is 5.41 Å². The quantitative estimate of drug-likeness (QED) is 0.825. The second kappa shape index (κ2) is 6.58. The van der Waals surface area contributed by atoms with Gasteiger partial charge >= 0.3 is 0 Å². The number of benzene rings is 1. The maximum atomic E-state index is 14.9. The number of aromatic nitrogens is 1. The van der Waals surface area contributed by atoms with Gasteiger partial charge in [-0.05, 0) is 36.2 Å². The average molecular weight is 361 g/mol. The third-order valence-corrected chi connectivity index (χ3v) is 5.69. The minimum Gasteiger partial charge on any atom is -0.356 e. The molecule has 2 saturated heterocycles. The summed E-state index contributed by atoms with van der Waals surface area (Å²) in [7, 11) is 0. The number of hydrogen-bond donors (Lipinski definition) is 0. The topological polar surface area (TPSA) is 19.4 Å². The fourth-order valence-electron chi connectivity index (χ4n) is 4.21. The van der Waals surface area contributed by atoms with Crippen molar-refractivity contribution in [2.75, 3.05) is 31.1 Å². The van der Waals surface area contributed by atoms with E-state index in [1.807, 2.05) is 23.1 Å². The molecule has 0 N–H and O–H groups in total. The summed E-state index contributed by atoms with van der Waals surface area (Å²) in [5.41, 5.74) is -0.102. The van der Waals surface area contributed by atoms with Crippen molar-refractivity contribution in [2.45, 2.75) is 25.3 Å². The first-order chi connectivity index (χ1) is 12.5. The first-order valence-electron chi connectivity index (χ1n) is 8.98. The predicted molar refractivity (Wildman–Crippen MR) is 94.7 cm³/mol. The Labute approximate surface area is 151 Å². The van der Waals surface area contributed by atoms with Crippen LogP contribution in [0.1, 0.15) is 18.4 Å². The smallest absolute Gasteiger partial charge is 0.257 e. The van der Waals surface area contributed by atoms with E-state index in [9.17, 15) is 13.2 Å². The van der Waals surface area contributed by atoms with Crippen LogP contribution in [0.25, 0.3) is 0 Å². The average Bonchev–Trinajstić information content (AvgIpc) is 3.07. The molecule has 0 saturated carbocycles. The zero-order valence-corrected chi connectivity index (χ0v) is 14.5. The third kappa shape index (κ3) is 3.18. The van der Waals surface area contributed by atoms with E-state index in [1.165, 1.54) is 12.1 Å². The molecule has 1 aromatic carbocycles. The minimum absolute atomic E-state index is 0.135. The van der Waals surface area contributed by atoms with Crippen LogP contribution in [0.2, 0.25) is 0 Å². The zero-order chi connectivity index (χ0) is 18.2. The molecule has 1 aromatic heterocycles. The summed E-state index contributed by atoms with van der Waals surface area (Å²) in [5, 5.41) is 0. The predicted octanol–water partition coefficient (Wildman–Crippen LogP) is 3.96. The van der Waals surface area contributed by atoms with Crippen LogP contribution in [0.15, 0.2) is 48.7 Å². The molecular formula is C20H22F3N3. The summed E-state index contributed by atoms with van der Waals surface area (Å²) >= 11 is 0. The van der Waals surface area contributed by atoms with Crippen LogP contribution in [-0.2, 0) is 6.54 Å². The van der Waals surface area contributed by atoms with Gasteiger partial charge in [0.15, 0.2) is 0 Å². The summed E-state index contributed by atoms with van der Waals surface area (Å²) in [4.78, 5) is 8.36. The van der Waals surface area contributed by atoms with Gasteiger partial charge in [-0.25, -0.2) is 18.2 Å². The van der Waals surface area contributed by atoms with Gasteiger partial charge in [0.25, 0.3) is 5.92 Å². The highest BCUT2D eigenvalue weighted by molar-refractivity contribution is 5.40. The largest absolute Gasteiger partial charge is 0.356 e. The summed E-state index contributed by atoms with van der Waals surface area (Å²) in [5.74, 6) is -2.21. The van der Waals surface area contributed by atoms with E-state index in [-0.39, 0.29) is 12.2 Å². The lowest BCUT2D eigenvalue weighted by atomic mass is 9.75. The number of piperidine rings is 1. The van der Waals surface area contributed by atoms with E-state index in [0.29, 0.717) is 39.1 Å². The number of pyridine rings is 1. The molecule has 0 amide bonds. The monoisotopic (exact) mass is 361 g/mol. The van der Waals surface area contributed by atoms with Gasteiger partial charge in [0.2, 0.25) is 0 Å². The van der Waals surface area contributed by atoms with E-state index in [4.69, 9.17) is 0 Å². The lowest BCUT2D eigenvalue weighted by Gasteiger charge is -2.46. The van der Waals surface area contributed by atoms with Gasteiger partial charge in [0.05, 0.1) is 5.41 Å². The van der Waals surface area contributed by atoms with Crippen LogP contribution in [0.3, 0.4) is 0 Å². The van der Waals surface area contributed by atoms with E-state index < -0.39 is 11.3 Å². The van der Waals surface area contributed by atoms with Gasteiger partial charge in [-0.3, -0.25) is 4.90 Å². The van der Waals surface area contributed by atoms with Crippen LogP contribution >= 0.6 is 0 Å². The van der Waals surface area contributed by atoms with Crippen LogP contribution in [0.4, 0.5) is 19.0 Å². The highest BCUT2D eigenvalue weighted by Crippen LogP contribution is 2.50. The Kier molecular flexibility index (Phi) is 4.39. The Bertz CT molecular complexity index is 751. The maximum Gasteiger partial charge on any atom is 0.257 e. The summed E-state index contributed by atoms with van der Waals surface area (Å²) < 4.78 is 42.9. The Morgan fingerprint density at radius 2 is 1.77 bits per heavy atom. The Balaban J connectivity index is 1.51. The number of nitrogens with zero attached hydrogens (tertiary/aromatic N) is 3. The Morgan fingerprint density at radius 1 is 0.962 bits per heavy atom. The molecule has 1 atom stereocenters. The van der Waals surface area contributed by atoms with Gasteiger partial charge in [-0.2, -0.15) is 0 Å². The fourth-order valence-corrected chi connectivity index (χ4v) is 4.21. The second-order valence-electron chi connectivity index (χ2n) is 7.43. The molecule has 0 bridgehead atoms. The van der Waals surface area contributed by atoms with Crippen molar-refractivity contribution < 1.29 is 13.2 Å². The number of likely N-dealkylation sites (tertiary alicyclic amines) is 1. The lowest BCUT2D eigenvalue weighted by Crippen LogP contribution is -2.56.